The first-order valence-corrected chi connectivity index (χ1v) is 10.5. The summed E-state index contributed by atoms with van der Waals surface area (Å²) in [6.45, 7) is 4.73. The van der Waals surface area contributed by atoms with Crippen LogP contribution in [-0.4, -0.2) is 45.3 Å². The zero-order valence-electron chi connectivity index (χ0n) is 18.1. The lowest BCUT2D eigenvalue weighted by atomic mass is 10.0. The van der Waals surface area contributed by atoms with Crippen molar-refractivity contribution < 1.29 is 13.9 Å². The van der Waals surface area contributed by atoms with Gasteiger partial charge in [0.25, 0.3) is 5.56 Å². The van der Waals surface area contributed by atoms with Crippen LogP contribution in [0.5, 0.6) is 0 Å². The molecular formula is C24H25FN4O3. The molecule has 7 nitrogen and oxygen atoms in total. The Morgan fingerprint density at radius 2 is 1.97 bits per heavy atom. The Labute approximate surface area is 185 Å². The number of hydrogen-bond acceptors (Lipinski definition) is 5. The Bertz CT molecular complexity index is 1190. The third-order valence-corrected chi connectivity index (χ3v) is 5.36. The maximum Gasteiger partial charge on any atom is 0.267 e. The van der Waals surface area contributed by atoms with Gasteiger partial charge in [-0.1, -0.05) is 12.1 Å². The van der Waals surface area contributed by atoms with Crippen LogP contribution in [0.25, 0.3) is 0 Å². The fraction of sp³-hybridized carbons (Fsp3) is 0.333. The molecule has 3 aromatic rings. The maximum atomic E-state index is 13.5. The van der Waals surface area contributed by atoms with E-state index in [0.717, 1.165) is 22.5 Å². The van der Waals surface area contributed by atoms with Crippen LogP contribution in [0, 0.1) is 19.7 Å². The standard InChI is InChI=1S/C24H25FN4O3/c1-16-6-7-23(30)29(27-16)15-24(31)28-8-9-32-22(14-28)21-13-19(10-17(2)26-21)11-18-4-3-5-20(25)12-18/h3-7,10,12-13,22H,8-9,11,14-15H2,1-2H3/t22-/m0/s1. The molecule has 0 bridgehead atoms. The number of ether oxygens (including phenoxy) is 1. The summed E-state index contributed by atoms with van der Waals surface area (Å²) in [5.41, 5.74) is 3.80. The van der Waals surface area contributed by atoms with Gasteiger partial charge in [-0.05, 0) is 61.7 Å². The number of aromatic nitrogens is 3. The predicted octanol–water partition coefficient (Wildman–Crippen LogP) is 2.59. The smallest absolute Gasteiger partial charge is 0.267 e. The van der Waals surface area contributed by atoms with Crippen molar-refractivity contribution in [2.45, 2.75) is 32.9 Å². The van der Waals surface area contributed by atoms with Gasteiger partial charge in [0.15, 0.2) is 0 Å². The van der Waals surface area contributed by atoms with Gasteiger partial charge in [-0.2, -0.15) is 5.10 Å². The molecule has 8 heteroatoms. The molecular weight excluding hydrogens is 411 g/mol. The van der Waals surface area contributed by atoms with Gasteiger partial charge in [-0.3, -0.25) is 14.6 Å². The molecule has 1 aliphatic rings. The highest BCUT2D eigenvalue weighted by Crippen LogP contribution is 2.23. The Balaban J connectivity index is 1.49. The summed E-state index contributed by atoms with van der Waals surface area (Å²) in [7, 11) is 0. The zero-order valence-corrected chi connectivity index (χ0v) is 18.1. The molecule has 1 fully saturated rings. The van der Waals surface area contributed by atoms with Crippen LogP contribution in [0.4, 0.5) is 4.39 Å². The van der Waals surface area contributed by atoms with E-state index in [2.05, 4.69) is 10.1 Å². The number of halogens is 1. The molecule has 2 aromatic heterocycles. The summed E-state index contributed by atoms with van der Waals surface area (Å²) in [5.74, 6) is -0.452. The Hall–Kier alpha value is -3.39. The summed E-state index contributed by atoms with van der Waals surface area (Å²) < 4.78 is 20.6. The number of morpholine rings is 1. The molecule has 4 rings (SSSR count). The molecule has 0 saturated carbocycles. The Morgan fingerprint density at radius 3 is 2.78 bits per heavy atom. The monoisotopic (exact) mass is 436 g/mol. The number of carbonyl (C=O) groups excluding carboxylic acids is 1. The topological polar surface area (TPSA) is 77.3 Å². The number of pyridine rings is 1. The molecule has 1 saturated heterocycles. The molecule has 1 aliphatic heterocycles. The van der Waals surface area contributed by atoms with Crippen LogP contribution in [0.2, 0.25) is 0 Å². The van der Waals surface area contributed by atoms with Crippen LogP contribution in [0.1, 0.15) is 34.3 Å². The van der Waals surface area contributed by atoms with Crippen molar-refractivity contribution in [2.75, 3.05) is 19.7 Å². The van der Waals surface area contributed by atoms with Crippen LogP contribution in [0.3, 0.4) is 0 Å². The van der Waals surface area contributed by atoms with Gasteiger partial charge in [0.05, 0.1) is 24.5 Å². The number of rotatable bonds is 5. The molecule has 0 N–H and O–H groups in total. The largest absolute Gasteiger partial charge is 0.368 e. The van der Waals surface area contributed by atoms with Crippen molar-refractivity contribution in [1.29, 1.82) is 0 Å². The maximum absolute atomic E-state index is 13.5. The van der Waals surface area contributed by atoms with Crippen molar-refractivity contribution in [3.8, 4) is 0 Å². The van der Waals surface area contributed by atoms with E-state index in [0.29, 0.717) is 31.8 Å². The summed E-state index contributed by atoms with van der Waals surface area (Å²) in [5, 5.41) is 4.14. The van der Waals surface area contributed by atoms with Gasteiger partial charge in [0.1, 0.15) is 18.5 Å². The Morgan fingerprint density at radius 1 is 1.12 bits per heavy atom. The van der Waals surface area contributed by atoms with Gasteiger partial charge >= 0.3 is 0 Å². The fourth-order valence-electron chi connectivity index (χ4n) is 3.86. The highest BCUT2D eigenvalue weighted by atomic mass is 19.1. The number of amides is 1. The lowest BCUT2D eigenvalue weighted by molar-refractivity contribution is -0.140. The minimum Gasteiger partial charge on any atom is -0.368 e. The van der Waals surface area contributed by atoms with Gasteiger partial charge in [-0.25, -0.2) is 9.07 Å². The number of nitrogens with zero attached hydrogens (tertiary/aromatic N) is 4. The lowest BCUT2D eigenvalue weighted by Crippen LogP contribution is -2.45. The summed E-state index contributed by atoms with van der Waals surface area (Å²) in [6, 6.07) is 13.5. The molecule has 1 atom stereocenters. The quantitative estimate of drug-likeness (QED) is 0.615. The number of benzene rings is 1. The molecule has 1 amide bonds. The molecule has 166 valence electrons. The SMILES string of the molecule is Cc1cc(Cc2cccc(F)c2)cc([C@@H]2CN(C(=O)Cn3nc(C)ccc3=O)CCO2)n1. The van der Waals surface area contributed by atoms with E-state index in [-0.39, 0.29) is 29.9 Å². The average molecular weight is 436 g/mol. The highest BCUT2D eigenvalue weighted by Gasteiger charge is 2.27. The summed E-state index contributed by atoms with van der Waals surface area (Å²) in [6.07, 6.45) is 0.201. The predicted molar refractivity (Wildman–Crippen MR) is 117 cm³/mol. The molecule has 0 spiro atoms. The number of aryl methyl sites for hydroxylation is 2. The minimum absolute atomic E-state index is 0.112. The molecule has 3 heterocycles. The first-order chi connectivity index (χ1) is 15.4. The summed E-state index contributed by atoms with van der Waals surface area (Å²) in [4.78, 5) is 31.1. The van der Waals surface area contributed by atoms with Gasteiger partial charge in [0.2, 0.25) is 5.91 Å². The van der Waals surface area contributed by atoms with Crippen molar-refractivity contribution in [1.82, 2.24) is 19.7 Å². The fourth-order valence-corrected chi connectivity index (χ4v) is 3.86. The highest BCUT2D eigenvalue weighted by molar-refractivity contribution is 5.76. The number of hydrogen-bond donors (Lipinski definition) is 0. The van der Waals surface area contributed by atoms with E-state index in [1.807, 2.05) is 25.1 Å². The first kappa shape index (κ1) is 21.8. The number of carbonyl (C=O) groups is 1. The normalized spacial score (nSPS) is 16.2. The van der Waals surface area contributed by atoms with Gasteiger partial charge in [-0.15, -0.1) is 0 Å². The molecule has 1 aromatic carbocycles. The third-order valence-electron chi connectivity index (χ3n) is 5.36. The second kappa shape index (κ2) is 9.40. The van der Waals surface area contributed by atoms with E-state index in [9.17, 15) is 14.0 Å². The summed E-state index contributed by atoms with van der Waals surface area (Å²) >= 11 is 0. The van der Waals surface area contributed by atoms with E-state index in [1.165, 1.54) is 22.9 Å². The molecule has 0 unspecified atom stereocenters. The van der Waals surface area contributed by atoms with Crippen molar-refractivity contribution in [3.63, 3.8) is 0 Å². The minimum atomic E-state index is -0.374. The molecule has 0 aliphatic carbocycles. The second-order valence-electron chi connectivity index (χ2n) is 8.02. The lowest BCUT2D eigenvalue weighted by Gasteiger charge is -2.33. The van der Waals surface area contributed by atoms with Crippen molar-refractivity contribution in [2.24, 2.45) is 0 Å². The Kier molecular flexibility index (Phi) is 6.41. The van der Waals surface area contributed by atoms with Gasteiger partial charge in [0, 0.05) is 18.3 Å². The van der Waals surface area contributed by atoms with Crippen LogP contribution >= 0.6 is 0 Å². The zero-order chi connectivity index (χ0) is 22.7. The molecule has 0 radical (unpaired) electrons. The average Bonchev–Trinajstić information content (AvgIpc) is 2.76. The van der Waals surface area contributed by atoms with Crippen molar-refractivity contribution in [3.05, 3.63) is 92.9 Å². The molecule has 32 heavy (non-hydrogen) atoms. The van der Waals surface area contributed by atoms with Crippen LogP contribution < -0.4 is 5.56 Å². The van der Waals surface area contributed by atoms with E-state index in [4.69, 9.17) is 4.74 Å². The van der Waals surface area contributed by atoms with Gasteiger partial charge < -0.3 is 9.64 Å². The first-order valence-electron chi connectivity index (χ1n) is 10.5. The van der Waals surface area contributed by atoms with E-state index < -0.39 is 0 Å². The van der Waals surface area contributed by atoms with E-state index >= 15 is 0 Å². The van der Waals surface area contributed by atoms with E-state index in [1.54, 1.807) is 24.0 Å². The third kappa shape index (κ3) is 5.26. The van der Waals surface area contributed by atoms with Crippen LogP contribution in [-0.2, 0) is 22.5 Å². The van der Waals surface area contributed by atoms with Crippen molar-refractivity contribution >= 4 is 5.91 Å². The van der Waals surface area contributed by atoms with Crippen LogP contribution in [0.15, 0.2) is 53.3 Å². The second-order valence-corrected chi connectivity index (χ2v) is 8.02.